The number of alkyl halides is 3. The lowest BCUT2D eigenvalue weighted by Gasteiger charge is -2.29. The Kier molecular flexibility index (Phi) is 4.82. The molecule has 4 N–H and O–H groups in total. The van der Waals surface area contributed by atoms with E-state index in [-0.39, 0.29) is 13.0 Å². The van der Waals surface area contributed by atoms with Gasteiger partial charge in [-0.05, 0) is 24.1 Å². The smallest absolute Gasteiger partial charge is 0.381 e. The highest BCUT2D eigenvalue weighted by atomic mass is 32.2. The van der Waals surface area contributed by atoms with Gasteiger partial charge in [0, 0.05) is 24.6 Å². The van der Waals surface area contributed by atoms with Crippen LogP contribution in [-0.2, 0) is 27.5 Å². The van der Waals surface area contributed by atoms with Crippen molar-refractivity contribution in [3.63, 3.8) is 0 Å². The van der Waals surface area contributed by atoms with Crippen LogP contribution >= 0.6 is 0 Å². The zero-order valence-corrected chi connectivity index (χ0v) is 14.7. The molecule has 0 aromatic carbocycles. The van der Waals surface area contributed by atoms with Gasteiger partial charge in [-0.2, -0.15) is 13.2 Å². The molecule has 2 aromatic rings. The first-order valence-corrected chi connectivity index (χ1v) is 9.33. The van der Waals surface area contributed by atoms with Gasteiger partial charge in [-0.25, -0.2) is 18.5 Å². The van der Waals surface area contributed by atoms with Gasteiger partial charge in [0.2, 0.25) is 10.0 Å². The first-order chi connectivity index (χ1) is 12.6. The number of aromatic amines is 1. The fraction of sp³-hybridized carbons (Fsp3) is 0.250. The van der Waals surface area contributed by atoms with E-state index in [9.17, 15) is 21.6 Å². The lowest BCUT2D eigenvalue weighted by molar-refractivity contribution is -0.141. The van der Waals surface area contributed by atoms with Crippen molar-refractivity contribution in [2.24, 2.45) is 5.14 Å². The van der Waals surface area contributed by atoms with E-state index < -0.39 is 26.6 Å². The Morgan fingerprint density at radius 2 is 2.07 bits per heavy atom. The zero-order chi connectivity index (χ0) is 19.7. The number of allylic oxidation sites excluding steroid dienone is 2. The third-order valence-electron chi connectivity index (χ3n) is 4.23. The summed E-state index contributed by atoms with van der Waals surface area (Å²) in [6.45, 7) is 0.230. The maximum absolute atomic E-state index is 12.5. The molecule has 11 heteroatoms. The molecular weight excluding hydrogens is 383 g/mol. The number of primary sulfonamides is 1. The van der Waals surface area contributed by atoms with Crippen LogP contribution in [0.4, 0.5) is 13.2 Å². The highest BCUT2D eigenvalue weighted by molar-refractivity contribution is 7.90. The molecule has 0 fully saturated rings. The van der Waals surface area contributed by atoms with Gasteiger partial charge in [0.15, 0.2) is 0 Å². The molecule has 0 saturated carbocycles. The van der Waals surface area contributed by atoms with E-state index in [1.165, 1.54) is 24.7 Å². The number of nitrogens with zero attached hydrogens (tertiary/aromatic N) is 2. The summed E-state index contributed by atoms with van der Waals surface area (Å²) in [6.07, 6.45) is 4.18. The average Bonchev–Trinajstić information content (AvgIpc) is 3.14. The van der Waals surface area contributed by atoms with Crippen molar-refractivity contribution in [1.82, 2.24) is 20.3 Å². The van der Waals surface area contributed by atoms with Crippen LogP contribution in [0.25, 0.3) is 0 Å². The molecule has 0 radical (unpaired) electrons. The lowest BCUT2D eigenvalue weighted by Crippen LogP contribution is -2.40. The molecule has 1 aliphatic rings. The highest BCUT2D eigenvalue weighted by Gasteiger charge is 2.43. The Bertz CT molecular complexity index is 966. The van der Waals surface area contributed by atoms with E-state index in [0.717, 1.165) is 12.3 Å². The minimum Gasteiger partial charge on any atom is -0.381 e. The molecule has 0 aliphatic heterocycles. The van der Waals surface area contributed by atoms with Crippen LogP contribution in [0.3, 0.4) is 0 Å². The summed E-state index contributed by atoms with van der Waals surface area (Å²) in [6, 6.07) is 2.24. The molecule has 1 aliphatic carbocycles. The Morgan fingerprint density at radius 1 is 1.30 bits per heavy atom. The fourth-order valence-electron chi connectivity index (χ4n) is 2.71. The van der Waals surface area contributed by atoms with Gasteiger partial charge in [-0.15, -0.1) is 0 Å². The van der Waals surface area contributed by atoms with Crippen LogP contribution in [0, 0.1) is 0 Å². The van der Waals surface area contributed by atoms with Crippen LogP contribution in [0.15, 0.2) is 54.8 Å². The van der Waals surface area contributed by atoms with Crippen LogP contribution in [0.1, 0.15) is 23.4 Å². The van der Waals surface area contributed by atoms with Gasteiger partial charge in [0.25, 0.3) is 0 Å². The Morgan fingerprint density at radius 3 is 2.56 bits per heavy atom. The van der Waals surface area contributed by atoms with Crippen LogP contribution in [0.2, 0.25) is 0 Å². The largest absolute Gasteiger partial charge is 0.433 e. The van der Waals surface area contributed by atoms with Crippen molar-refractivity contribution in [2.45, 2.75) is 23.9 Å². The molecule has 2 heterocycles. The monoisotopic (exact) mass is 399 g/mol. The van der Waals surface area contributed by atoms with E-state index in [4.69, 9.17) is 5.14 Å². The Balaban J connectivity index is 1.70. The molecule has 0 amide bonds. The molecule has 2 aromatic heterocycles. The molecule has 27 heavy (non-hydrogen) atoms. The van der Waals surface area contributed by atoms with Gasteiger partial charge in [-0.1, -0.05) is 18.2 Å². The van der Waals surface area contributed by atoms with Gasteiger partial charge in [-0.3, -0.25) is 4.98 Å². The second-order valence-corrected chi connectivity index (χ2v) is 7.82. The summed E-state index contributed by atoms with van der Waals surface area (Å²) in [5.74, 6) is 0. The summed E-state index contributed by atoms with van der Waals surface area (Å²) in [5.41, 5.74) is 0.562. The summed E-state index contributed by atoms with van der Waals surface area (Å²) < 4.78 is 60.4. The lowest BCUT2D eigenvalue weighted by atomic mass is 9.95. The van der Waals surface area contributed by atoms with Crippen molar-refractivity contribution < 1.29 is 21.6 Å². The van der Waals surface area contributed by atoms with Crippen LogP contribution < -0.4 is 10.5 Å². The van der Waals surface area contributed by atoms with Gasteiger partial charge >= 0.3 is 6.18 Å². The topological polar surface area (TPSA) is 114 Å². The summed E-state index contributed by atoms with van der Waals surface area (Å²) in [5, 5.41) is 8.44. The fourth-order valence-corrected chi connectivity index (χ4v) is 3.70. The Labute approximate surface area is 153 Å². The third kappa shape index (κ3) is 3.88. The molecule has 0 bridgehead atoms. The quantitative estimate of drug-likeness (QED) is 0.711. The number of hydrogen-bond acceptors (Lipinski definition) is 5. The van der Waals surface area contributed by atoms with Crippen molar-refractivity contribution in [3.8, 4) is 0 Å². The Hall–Kier alpha value is -2.66. The maximum atomic E-state index is 12.5. The minimum absolute atomic E-state index is 0.0815. The predicted octanol–water partition coefficient (Wildman–Crippen LogP) is 1.94. The number of hydrogen-bond donors (Lipinski definition) is 3. The molecule has 0 spiro atoms. The molecule has 1 atom stereocenters. The molecular formula is C16H16F3N5O2S. The van der Waals surface area contributed by atoms with Gasteiger partial charge < -0.3 is 10.3 Å². The highest BCUT2D eigenvalue weighted by Crippen LogP contribution is 2.36. The second-order valence-electron chi connectivity index (χ2n) is 6.00. The SMILES string of the molecule is NS(=O)(=O)C1(c2cnc[nH]2)C=CC(NCc2ccc(C(F)(F)F)nc2)=CC1. The van der Waals surface area contributed by atoms with Crippen molar-refractivity contribution in [2.75, 3.05) is 0 Å². The molecule has 3 rings (SSSR count). The number of sulfonamides is 1. The van der Waals surface area contributed by atoms with E-state index in [0.29, 0.717) is 17.0 Å². The first-order valence-electron chi connectivity index (χ1n) is 7.78. The number of nitrogens with two attached hydrogens (primary N) is 1. The number of rotatable bonds is 5. The number of aromatic nitrogens is 3. The number of nitrogens with one attached hydrogen (secondary N) is 2. The van der Waals surface area contributed by atoms with Crippen molar-refractivity contribution >= 4 is 10.0 Å². The molecule has 144 valence electrons. The van der Waals surface area contributed by atoms with Crippen molar-refractivity contribution in [1.29, 1.82) is 0 Å². The number of halogens is 3. The normalized spacial score (nSPS) is 20.4. The molecule has 7 nitrogen and oxygen atoms in total. The zero-order valence-electron chi connectivity index (χ0n) is 13.9. The van der Waals surface area contributed by atoms with E-state index >= 15 is 0 Å². The standard InChI is InChI=1S/C16H16F3N5O2S/c17-16(18,19)13-2-1-11(8-23-13)7-22-12-3-5-15(6-4-12,27(20,25)26)14-9-21-10-24-14/h1-5,8-10,22H,6-7H2,(H,21,24)(H2,20,25,26). The summed E-state index contributed by atoms with van der Waals surface area (Å²) in [4.78, 5) is 10.0. The molecule has 1 unspecified atom stereocenters. The van der Waals surface area contributed by atoms with Crippen molar-refractivity contribution in [3.05, 3.63) is 71.7 Å². The van der Waals surface area contributed by atoms with Gasteiger partial charge in [0.1, 0.15) is 10.4 Å². The van der Waals surface area contributed by atoms with E-state index in [1.54, 1.807) is 12.2 Å². The molecule has 0 saturated heterocycles. The third-order valence-corrected chi connectivity index (χ3v) is 5.77. The summed E-state index contributed by atoms with van der Waals surface area (Å²) in [7, 11) is -3.97. The minimum atomic E-state index is -4.48. The first kappa shape index (κ1) is 19.1. The number of pyridine rings is 1. The maximum Gasteiger partial charge on any atom is 0.433 e. The van der Waals surface area contributed by atoms with E-state index in [1.807, 2.05) is 0 Å². The average molecular weight is 399 g/mol. The van der Waals surface area contributed by atoms with Crippen LogP contribution in [0.5, 0.6) is 0 Å². The predicted molar refractivity (Wildman–Crippen MR) is 91.3 cm³/mol. The number of H-pyrrole nitrogens is 1. The number of imidazole rings is 1. The van der Waals surface area contributed by atoms with Crippen LogP contribution in [-0.4, -0.2) is 23.4 Å². The second kappa shape index (κ2) is 6.82. The summed E-state index contributed by atoms with van der Waals surface area (Å²) >= 11 is 0. The van der Waals surface area contributed by atoms with Gasteiger partial charge in [0.05, 0.1) is 12.0 Å². The van der Waals surface area contributed by atoms with E-state index in [2.05, 4.69) is 20.3 Å².